The Kier molecular flexibility index (Phi) is 13.2. The minimum Gasteiger partial charge on any atom is -0.326 e. The van der Waals surface area contributed by atoms with Crippen molar-refractivity contribution in [1.82, 2.24) is 0 Å². The van der Waals surface area contributed by atoms with Crippen LogP contribution >= 0.6 is 0 Å². The van der Waals surface area contributed by atoms with Gasteiger partial charge in [-0.15, -0.1) is 0 Å². The summed E-state index contributed by atoms with van der Waals surface area (Å²) in [6.07, 6.45) is 18.1. The maximum Gasteiger partial charge on any atom is 0.224 e. The second-order valence-corrected chi connectivity index (χ2v) is 6.91. The van der Waals surface area contributed by atoms with Crippen LogP contribution in [0, 0.1) is 0 Å². The van der Waals surface area contributed by atoms with Crippen LogP contribution in [0.3, 0.4) is 0 Å². The predicted molar refractivity (Wildman–Crippen MR) is 105 cm³/mol. The van der Waals surface area contributed by atoms with E-state index in [0.29, 0.717) is 6.42 Å². The zero-order valence-electron chi connectivity index (χ0n) is 15.7. The number of hydrogen-bond acceptors (Lipinski definition) is 1. The van der Waals surface area contributed by atoms with Crippen LogP contribution in [0.4, 0.5) is 5.69 Å². The van der Waals surface area contributed by atoms with Crippen LogP contribution in [0.2, 0.25) is 0 Å². The highest BCUT2D eigenvalue weighted by molar-refractivity contribution is 5.90. The predicted octanol–water partition coefficient (Wildman–Crippen LogP) is 7.11. The number of hydrogen-bond donors (Lipinski definition) is 1. The van der Waals surface area contributed by atoms with Crippen molar-refractivity contribution < 1.29 is 4.79 Å². The second-order valence-electron chi connectivity index (χ2n) is 6.91. The maximum atomic E-state index is 11.8. The summed E-state index contributed by atoms with van der Waals surface area (Å²) >= 11 is 0. The van der Waals surface area contributed by atoms with Crippen LogP contribution in [0.5, 0.6) is 0 Å². The lowest BCUT2D eigenvalue weighted by molar-refractivity contribution is -0.116. The van der Waals surface area contributed by atoms with Crippen LogP contribution in [-0.2, 0) is 4.79 Å². The number of carbonyl (C=O) groups is 1. The van der Waals surface area contributed by atoms with Crippen LogP contribution in [0.25, 0.3) is 0 Å². The van der Waals surface area contributed by atoms with E-state index in [2.05, 4.69) is 12.2 Å². The summed E-state index contributed by atoms with van der Waals surface area (Å²) in [6, 6.07) is 9.72. The van der Waals surface area contributed by atoms with Crippen LogP contribution in [0.1, 0.15) is 96.8 Å². The molecule has 136 valence electrons. The molecule has 0 atom stereocenters. The third-order valence-electron chi connectivity index (χ3n) is 4.56. The Balaban J connectivity index is 1.81. The third-order valence-corrected chi connectivity index (χ3v) is 4.56. The van der Waals surface area contributed by atoms with Gasteiger partial charge in [0.1, 0.15) is 0 Å². The van der Waals surface area contributed by atoms with E-state index in [9.17, 15) is 4.79 Å². The molecule has 1 N–H and O–H groups in total. The van der Waals surface area contributed by atoms with Crippen molar-refractivity contribution in [3.8, 4) is 0 Å². The molecule has 0 aliphatic heterocycles. The van der Waals surface area contributed by atoms with Gasteiger partial charge < -0.3 is 5.32 Å². The molecule has 2 heteroatoms. The lowest BCUT2D eigenvalue weighted by Gasteiger charge is -2.05. The molecule has 0 bridgehead atoms. The quantitative estimate of drug-likeness (QED) is 0.341. The number of para-hydroxylation sites is 1. The summed E-state index contributed by atoms with van der Waals surface area (Å²) in [4.78, 5) is 11.8. The van der Waals surface area contributed by atoms with Gasteiger partial charge in [-0.05, 0) is 18.6 Å². The average molecular weight is 332 g/mol. The Morgan fingerprint density at radius 1 is 0.708 bits per heavy atom. The van der Waals surface area contributed by atoms with E-state index >= 15 is 0 Å². The number of rotatable bonds is 15. The molecule has 0 heterocycles. The molecule has 0 fully saturated rings. The Labute approximate surface area is 149 Å². The summed E-state index contributed by atoms with van der Waals surface area (Å²) in [5.74, 6) is 0.143. The summed E-state index contributed by atoms with van der Waals surface area (Å²) in [5, 5.41) is 2.95. The van der Waals surface area contributed by atoms with Gasteiger partial charge in [0, 0.05) is 12.1 Å². The van der Waals surface area contributed by atoms with Gasteiger partial charge in [-0.25, -0.2) is 0 Å². The summed E-state index contributed by atoms with van der Waals surface area (Å²) < 4.78 is 0. The Hall–Kier alpha value is -1.31. The lowest BCUT2D eigenvalue weighted by atomic mass is 10.0. The molecule has 0 saturated heterocycles. The van der Waals surface area contributed by atoms with Gasteiger partial charge in [0.05, 0.1) is 0 Å². The van der Waals surface area contributed by atoms with E-state index in [1.807, 2.05) is 30.3 Å². The highest BCUT2D eigenvalue weighted by Gasteiger charge is 2.01. The summed E-state index contributed by atoms with van der Waals surface area (Å²) in [6.45, 7) is 2.27. The standard InChI is InChI=1S/C22H37NO/c1-2-3-4-5-6-7-8-9-10-11-12-13-17-20-22(24)23-21-18-15-14-16-19-21/h14-16,18-19H,2-13,17,20H2,1H3,(H,23,24). The van der Waals surface area contributed by atoms with Gasteiger partial charge >= 0.3 is 0 Å². The highest BCUT2D eigenvalue weighted by atomic mass is 16.1. The molecule has 2 nitrogen and oxygen atoms in total. The molecule has 1 aromatic rings. The van der Waals surface area contributed by atoms with E-state index in [1.165, 1.54) is 77.0 Å². The Morgan fingerprint density at radius 2 is 1.17 bits per heavy atom. The van der Waals surface area contributed by atoms with Gasteiger partial charge in [0.25, 0.3) is 0 Å². The number of amides is 1. The van der Waals surface area contributed by atoms with Crippen LogP contribution < -0.4 is 5.32 Å². The highest BCUT2D eigenvalue weighted by Crippen LogP contribution is 2.13. The van der Waals surface area contributed by atoms with Gasteiger partial charge in [-0.1, -0.05) is 102 Å². The van der Waals surface area contributed by atoms with Gasteiger partial charge in [-0.3, -0.25) is 4.79 Å². The molecule has 0 radical (unpaired) electrons. The molecule has 1 rings (SSSR count). The van der Waals surface area contributed by atoms with Crippen LogP contribution in [0.15, 0.2) is 30.3 Å². The molecule has 0 saturated carbocycles. The van der Waals surface area contributed by atoms with Gasteiger partial charge in [-0.2, -0.15) is 0 Å². The van der Waals surface area contributed by atoms with E-state index < -0.39 is 0 Å². The minimum absolute atomic E-state index is 0.143. The van der Waals surface area contributed by atoms with E-state index in [4.69, 9.17) is 0 Å². The minimum atomic E-state index is 0.143. The normalized spacial score (nSPS) is 10.7. The van der Waals surface area contributed by atoms with E-state index in [-0.39, 0.29) is 5.91 Å². The zero-order valence-corrected chi connectivity index (χ0v) is 15.7. The van der Waals surface area contributed by atoms with Crippen molar-refractivity contribution in [3.05, 3.63) is 30.3 Å². The topological polar surface area (TPSA) is 29.1 Å². The fourth-order valence-electron chi connectivity index (χ4n) is 3.05. The molecular weight excluding hydrogens is 294 g/mol. The monoisotopic (exact) mass is 331 g/mol. The summed E-state index contributed by atoms with van der Waals surface area (Å²) in [5.41, 5.74) is 0.900. The molecule has 0 aliphatic rings. The van der Waals surface area contributed by atoms with Crippen molar-refractivity contribution in [1.29, 1.82) is 0 Å². The van der Waals surface area contributed by atoms with E-state index in [1.54, 1.807) is 0 Å². The first kappa shape index (κ1) is 20.7. The van der Waals surface area contributed by atoms with Crippen LogP contribution in [-0.4, -0.2) is 5.91 Å². The molecule has 1 amide bonds. The smallest absolute Gasteiger partial charge is 0.224 e. The van der Waals surface area contributed by atoms with Crippen molar-refractivity contribution in [2.45, 2.75) is 96.8 Å². The van der Waals surface area contributed by atoms with Gasteiger partial charge in [0.2, 0.25) is 5.91 Å². The number of carbonyl (C=O) groups excluding carboxylic acids is 1. The molecule has 24 heavy (non-hydrogen) atoms. The Bertz CT molecular complexity index is 402. The van der Waals surface area contributed by atoms with Crippen molar-refractivity contribution in [2.24, 2.45) is 0 Å². The molecule has 0 aromatic heterocycles. The fourth-order valence-corrected chi connectivity index (χ4v) is 3.05. The molecular formula is C22H37NO. The second kappa shape index (κ2) is 15.2. The number of unbranched alkanes of at least 4 members (excludes halogenated alkanes) is 12. The maximum absolute atomic E-state index is 11.8. The largest absolute Gasteiger partial charge is 0.326 e. The van der Waals surface area contributed by atoms with Crippen molar-refractivity contribution in [3.63, 3.8) is 0 Å². The zero-order chi connectivity index (χ0) is 17.3. The molecule has 0 spiro atoms. The fraction of sp³-hybridized carbons (Fsp3) is 0.682. The van der Waals surface area contributed by atoms with Crippen molar-refractivity contribution in [2.75, 3.05) is 5.32 Å². The first-order chi connectivity index (χ1) is 11.8. The average Bonchev–Trinajstić information content (AvgIpc) is 2.60. The molecule has 0 unspecified atom stereocenters. The Morgan fingerprint density at radius 3 is 1.67 bits per heavy atom. The third kappa shape index (κ3) is 12.2. The van der Waals surface area contributed by atoms with E-state index in [0.717, 1.165) is 12.1 Å². The molecule has 0 aliphatic carbocycles. The lowest BCUT2D eigenvalue weighted by Crippen LogP contribution is -2.10. The number of benzene rings is 1. The first-order valence-corrected chi connectivity index (χ1v) is 10.2. The summed E-state index contributed by atoms with van der Waals surface area (Å²) in [7, 11) is 0. The number of anilines is 1. The number of nitrogens with one attached hydrogen (secondary N) is 1. The van der Waals surface area contributed by atoms with Crippen molar-refractivity contribution >= 4 is 11.6 Å². The SMILES string of the molecule is CCCCCCCCCCCCCCCC(=O)Nc1ccccc1. The van der Waals surface area contributed by atoms with Gasteiger partial charge in [0.15, 0.2) is 0 Å². The first-order valence-electron chi connectivity index (χ1n) is 10.2. The molecule has 1 aromatic carbocycles.